The van der Waals surface area contributed by atoms with Gasteiger partial charge in [0.1, 0.15) is 6.61 Å². The summed E-state index contributed by atoms with van der Waals surface area (Å²) < 4.78 is 51.5. The molecule has 1 amide bonds. The maximum atomic E-state index is 13.3. The normalized spacial score (nSPS) is 13.7. The van der Waals surface area contributed by atoms with Gasteiger partial charge in [-0.2, -0.15) is 13.2 Å². The van der Waals surface area contributed by atoms with Crippen molar-refractivity contribution >= 4 is 42.8 Å². The first-order chi connectivity index (χ1) is 27.2. The van der Waals surface area contributed by atoms with Gasteiger partial charge in [-0.15, -0.1) is 6.58 Å². The number of aryl methyl sites for hydroxylation is 1. The average Bonchev–Trinajstić information content (AvgIpc) is 3.23. The van der Waals surface area contributed by atoms with Crippen molar-refractivity contribution in [2.24, 2.45) is 0 Å². The van der Waals surface area contributed by atoms with Crippen molar-refractivity contribution in [1.29, 1.82) is 0 Å². The standard InChI is InChI=1S/C29H30F3NO3.C19H18BrP/c1-4-15-28(25-13-9-6-10-14-25,33-27(34)35-19-23-11-7-5-8-12-23)20-36-22(3)24-16-21(2)17-26(18-24)29(30,31)32;1-21(20,17-11-5-2-6-12-17,18-13-7-3-8-14-18)19-15-9-4-10-16-19/h4-14,16-18,22H,1,15,19-20H2,2-3H3,(H,33,34);2-16H,1H3/t22-,28-;/m1./s1. The van der Waals surface area contributed by atoms with Crippen molar-refractivity contribution in [3.8, 4) is 0 Å². The molecule has 6 aromatic rings. The Balaban J connectivity index is 0.000000249. The molecule has 0 unspecified atom stereocenters. The third-order valence-corrected chi connectivity index (χ3v) is 18.2. The van der Waals surface area contributed by atoms with Crippen LogP contribution in [0, 0.1) is 6.92 Å². The maximum absolute atomic E-state index is 13.3. The Kier molecular flexibility index (Phi) is 14.3. The van der Waals surface area contributed by atoms with E-state index in [0.717, 1.165) is 23.3 Å². The summed E-state index contributed by atoms with van der Waals surface area (Å²) in [5.41, 5.74) is 0.714. The summed E-state index contributed by atoms with van der Waals surface area (Å²) in [6, 6.07) is 54.7. The van der Waals surface area contributed by atoms with Gasteiger partial charge in [-0.25, -0.2) is 4.79 Å². The molecule has 4 nitrogen and oxygen atoms in total. The predicted molar refractivity (Wildman–Crippen MR) is 233 cm³/mol. The van der Waals surface area contributed by atoms with Crippen LogP contribution in [0.1, 0.15) is 47.3 Å². The topological polar surface area (TPSA) is 47.6 Å². The second-order valence-corrected chi connectivity index (χ2v) is 23.9. The third-order valence-electron chi connectivity index (χ3n) is 9.96. The molecule has 6 aromatic carbocycles. The van der Waals surface area contributed by atoms with E-state index in [1.165, 1.54) is 15.9 Å². The number of ether oxygens (including phenoxy) is 2. The van der Waals surface area contributed by atoms with Gasteiger partial charge in [0, 0.05) is 0 Å². The second-order valence-electron chi connectivity index (χ2n) is 14.1. The van der Waals surface area contributed by atoms with Crippen LogP contribution in [-0.2, 0) is 27.8 Å². The zero-order valence-corrected chi connectivity index (χ0v) is 34.8. The first-order valence-electron chi connectivity index (χ1n) is 18.6. The molecular formula is C48H48BrF3NO3P. The van der Waals surface area contributed by atoms with Gasteiger partial charge >= 0.3 is 147 Å². The Morgan fingerprint density at radius 1 is 0.737 bits per heavy atom. The van der Waals surface area contributed by atoms with E-state index in [4.69, 9.17) is 9.47 Å². The average molecular weight is 855 g/mol. The van der Waals surface area contributed by atoms with Crippen LogP contribution in [0.3, 0.4) is 0 Å². The first-order valence-corrected chi connectivity index (χ1v) is 23.3. The van der Waals surface area contributed by atoms with Crippen molar-refractivity contribution in [2.45, 2.75) is 44.7 Å². The van der Waals surface area contributed by atoms with Crippen molar-refractivity contribution in [2.75, 3.05) is 13.3 Å². The van der Waals surface area contributed by atoms with Gasteiger partial charge in [-0.05, 0) is 49.1 Å². The quantitative estimate of drug-likeness (QED) is 0.0930. The Morgan fingerprint density at radius 3 is 1.65 bits per heavy atom. The number of carbonyl (C=O) groups is 1. The molecule has 0 aliphatic heterocycles. The number of nitrogens with one attached hydrogen (secondary N) is 1. The van der Waals surface area contributed by atoms with Crippen LogP contribution in [0.15, 0.2) is 183 Å². The van der Waals surface area contributed by atoms with E-state index in [9.17, 15) is 18.0 Å². The molecule has 0 aliphatic rings. The van der Waals surface area contributed by atoms with Crippen LogP contribution in [0.25, 0.3) is 0 Å². The molecule has 0 saturated heterocycles. The summed E-state index contributed by atoms with van der Waals surface area (Å²) in [6.45, 7) is 9.58. The number of hydrogen-bond donors (Lipinski definition) is 1. The Bertz CT molecular complexity index is 2090. The molecule has 296 valence electrons. The molecule has 9 heteroatoms. The Hall–Kier alpha value is -5.01. The molecule has 0 bridgehead atoms. The van der Waals surface area contributed by atoms with E-state index in [0.29, 0.717) is 17.5 Å². The number of halogens is 4. The summed E-state index contributed by atoms with van der Waals surface area (Å²) >= 11 is 4.24. The van der Waals surface area contributed by atoms with E-state index in [2.05, 4.69) is 125 Å². The fourth-order valence-electron chi connectivity index (χ4n) is 6.75. The van der Waals surface area contributed by atoms with Gasteiger partial charge in [0.2, 0.25) is 0 Å². The summed E-state index contributed by atoms with van der Waals surface area (Å²) in [5.74, 6) is 0. The fraction of sp³-hybridized carbons (Fsp3) is 0.188. The number of hydrogen-bond acceptors (Lipinski definition) is 3. The number of rotatable bonds is 13. The Labute approximate surface area is 342 Å². The molecule has 0 fully saturated rings. The minimum atomic E-state index is -4.46. The molecular weight excluding hydrogens is 806 g/mol. The number of alkyl carbamates (subject to hydrolysis) is 1. The van der Waals surface area contributed by atoms with E-state index < -0.39 is 34.8 Å². The van der Waals surface area contributed by atoms with Crippen molar-refractivity contribution in [3.63, 3.8) is 0 Å². The van der Waals surface area contributed by atoms with Gasteiger partial charge in [0.25, 0.3) is 0 Å². The second kappa shape index (κ2) is 19.0. The zero-order chi connectivity index (χ0) is 41.0. The number of carbonyl (C=O) groups excluding carboxylic acids is 1. The first kappa shape index (κ1) is 43.1. The molecule has 0 radical (unpaired) electrons. The van der Waals surface area contributed by atoms with Crippen LogP contribution < -0.4 is 21.2 Å². The molecule has 0 heterocycles. The van der Waals surface area contributed by atoms with Crippen LogP contribution in [0.2, 0.25) is 0 Å². The molecule has 0 aliphatic carbocycles. The van der Waals surface area contributed by atoms with Crippen LogP contribution in [-0.4, -0.2) is 19.4 Å². The van der Waals surface area contributed by atoms with Crippen LogP contribution >= 0.6 is 20.8 Å². The van der Waals surface area contributed by atoms with Gasteiger partial charge in [0.05, 0.1) is 23.8 Å². The van der Waals surface area contributed by atoms with E-state index >= 15 is 0 Å². The van der Waals surface area contributed by atoms with Crippen LogP contribution in [0.4, 0.5) is 18.0 Å². The van der Waals surface area contributed by atoms with E-state index in [1.807, 2.05) is 60.7 Å². The van der Waals surface area contributed by atoms with Crippen molar-refractivity contribution < 1.29 is 27.4 Å². The summed E-state index contributed by atoms with van der Waals surface area (Å²) in [4.78, 5) is 12.8. The molecule has 0 saturated carbocycles. The molecule has 1 N–H and O–H groups in total. The fourth-order valence-corrected chi connectivity index (χ4v) is 12.4. The van der Waals surface area contributed by atoms with Gasteiger partial charge in [-0.1, -0.05) is 78.4 Å². The van der Waals surface area contributed by atoms with Crippen molar-refractivity contribution in [1.82, 2.24) is 5.32 Å². The van der Waals surface area contributed by atoms with Crippen molar-refractivity contribution in [3.05, 3.63) is 210 Å². The predicted octanol–water partition coefficient (Wildman–Crippen LogP) is 11.9. The van der Waals surface area contributed by atoms with Gasteiger partial charge in [0.15, 0.2) is 0 Å². The van der Waals surface area contributed by atoms with E-state index in [-0.39, 0.29) is 13.2 Å². The monoisotopic (exact) mass is 853 g/mol. The minimum absolute atomic E-state index is 0.0140. The SMILES string of the molecule is C=CC[C@](CO[C@H](C)c1cc(C)cc(C(F)(F)F)c1)(NC(=O)OCc1ccccc1)c1ccccc1.CP(Br)(c1ccccc1)(c1ccccc1)c1ccccc1. The van der Waals surface area contributed by atoms with Gasteiger partial charge < -0.3 is 14.8 Å². The van der Waals surface area contributed by atoms with Crippen LogP contribution in [0.5, 0.6) is 0 Å². The summed E-state index contributed by atoms with van der Waals surface area (Å²) in [6.07, 6.45) is -3.79. The number of alkyl halides is 3. The zero-order valence-electron chi connectivity index (χ0n) is 32.3. The molecule has 0 aromatic heterocycles. The number of benzene rings is 6. The number of amides is 1. The molecule has 57 heavy (non-hydrogen) atoms. The van der Waals surface area contributed by atoms with Gasteiger partial charge in [-0.3, -0.25) is 0 Å². The Morgan fingerprint density at radius 2 is 1.19 bits per heavy atom. The molecule has 6 rings (SSSR count). The molecule has 0 spiro atoms. The third kappa shape index (κ3) is 10.7. The summed E-state index contributed by atoms with van der Waals surface area (Å²) in [5, 5.41) is 4.42. The van der Waals surface area contributed by atoms with E-state index in [1.54, 1.807) is 26.0 Å². The molecule has 2 atom stereocenters. The summed E-state index contributed by atoms with van der Waals surface area (Å²) in [7, 11) is 0.